The van der Waals surface area contributed by atoms with E-state index in [0.29, 0.717) is 5.39 Å². The van der Waals surface area contributed by atoms with Crippen molar-refractivity contribution in [1.29, 1.82) is 0 Å². The van der Waals surface area contributed by atoms with Gasteiger partial charge in [-0.3, -0.25) is 40.5 Å². The maximum atomic E-state index is 11.4. The average Bonchev–Trinajstić information content (AvgIpc) is 2.56. The topological polar surface area (TPSA) is 185 Å². The molecule has 13 heteroatoms. The van der Waals surface area contributed by atoms with Crippen molar-refractivity contribution in [2.24, 2.45) is 0 Å². The van der Waals surface area contributed by atoms with Crippen molar-refractivity contribution in [3.8, 4) is 0 Å². The first kappa shape index (κ1) is 16.6. The van der Waals surface area contributed by atoms with E-state index in [-0.39, 0.29) is 5.52 Å². The second-order valence-corrected chi connectivity index (χ2v) is 5.00. The molecule has 130 valence electrons. The van der Waals surface area contributed by atoms with E-state index < -0.39 is 53.3 Å². The first-order valence-corrected chi connectivity index (χ1v) is 6.71. The van der Waals surface area contributed by atoms with Gasteiger partial charge in [-0.15, -0.1) is 0 Å². The first-order chi connectivity index (χ1) is 12.2. The summed E-state index contributed by atoms with van der Waals surface area (Å²) < 4.78 is 0. The molecule has 2 aromatic carbocycles. The van der Waals surface area contributed by atoms with E-state index in [0.717, 1.165) is 6.07 Å². The Labute approximate surface area is 141 Å². The summed E-state index contributed by atoms with van der Waals surface area (Å²) in [6.07, 6.45) is 0. The summed E-state index contributed by atoms with van der Waals surface area (Å²) in [5, 5.41) is 45.2. The van der Waals surface area contributed by atoms with Crippen molar-refractivity contribution >= 4 is 44.6 Å². The van der Waals surface area contributed by atoms with Gasteiger partial charge in [0.1, 0.15) is 0 Å². The third-order valence-corrected chi connectivity index (χ3v) is 3.61. The quantitative estimate of drug-likeness (QED) is 0.383. The summed E-state index contributed by atoms with van der Waals surface area (Å²) in [7, 11) is 0. The van der Waals surface area contributed by atoms with E-state index in [1.807, 2.05) is 0 Å². The highest BCUT2D eigenvalue weighted by molar-refractivity contribution is 6.08. The van der Waals surface area contributed by atoms with E-state index in [4.69, 9.17) is 0 Å². The fraction of sp³-hybridized carbons (Fsp3) is 0. The van der Waals surface area contributed by atoms with Crippen LogP contribution in [0.4, 0.5) is 22.7 Å². The van der Waals surface area contributed by atoms with Crippen molar-refractivity contribution in [2.75, 3.05) is 0 Å². The standard InChI is InChI=1S/C13H5N5O8/c19-15(20)10-7-5-6-3-1-2-4-8(6)14-9(7)11(16(21)22)13(18(25)26)12(10)17(23)24/h1-5H. The molecule has 3 rings (SSSR count). The van der Waals surface area contributed by atoms with Gasteiger partial charge in [0.05, 0.1) is 30.6 Å². The molecule has 0 aliphatic heterocycles. The van der Waals surface area contributed by atoms with Crippen molar-refractivity contribution in [2.45, 2.75) is 0 Å². The van der Waals surface area contributed by atoms with Crippen LogP contribution in [0.5, 0.6) is 0 Å². The number of aromatic nitrogens is 1. The Morgan fingerprint density at radius 3 is 1.73 bits per heavy atom. The number of nitrogens with zero attached hydrogens (tertiary/aromatic N) is 5. The van der Waals surface area contributed by atoms with Gasteiger partial charge in [-0.25, -0.2) is 4.98 Å². The first-order valence-electron chi connectivity index (χ1n) is 6.71. The maximum Gasteiger partial charge on any atom is 0.432 e. The highest BCUT2D eigenvalue weighted by Gasteiger charge is 2.48. The van der Waals surface area contributed by atoms with Crippen LogP contribution in [0.3, 0.4) is 0 Å². The molecule has 13 nitrogen and oxygen atoms in total. The Hall–Kier alpha value is -4.29. The largest absolute Gasteiger partial charge is 0.432 e. The van der Waals surface area contributed by atoms with Gasteiger partial charge in [0.2, 0.25) is 0 Å². The molecule has 0 aliphatic rings. The van der Waals surface area contributed by atoms with Crippen LogP contribution in [0.2, 0.25) is 0 Å². The van der Waals surface area contributed by atoms with Gasteiger partial charge in [0, 0.05) is 5.39 Å². The molecular weight excluding hydrogens is 354 g/mol. The van der Waals surface area contributed by atoms with Gasteiger partial charge >= 0.3 is 22.7 Å². The molecule has 0 atom stereocenters. The zero-order valence-electron chi connectivity index (χ0n) is 12.4. The zero-order valence-corrected chi connectivity index (χ0v) is 12.4. The Bertz CT molecular complexity index is 1070. The number of fused-ring (bicyclic) bond motifs is 2. The lowest BCUT2D eigenvalue weighted by Crippen LogP contribution is -2.07. The normalized spacial score (nSPS) is 10.8. The van der Waals surface area contributed by atoms with Crippen LogP contribution in [-0.4, -0.2) is 24.7 Å². The summed E-state index contributed by atoms with van der Waals surface area (Å²) in [6, 6.07) is 7.15. The second kappa shape index (κ2) is 5.66. The molecule has 0 aliphatic carbocycles. The smallest absolute Gasteiger partial charge is 0.258 e. The average molecular weight is 359 g/mol. The van der Waals surface area contributed by atoms with Crippen LogP contribution in [0, 0.1) is 40.5 Å². The van der Waals surface area contributed by atoms with Gasteiger partial charge in [-0.1, -0.05) is 18.2 Å². The van der Waals surface area contributed by atoms with Crippen LogP contribution in [-0.2, 0) is 0 Å². The lowest BCUT2D eigenvalue weighted by atomic mass is 10.0. The molecule has 0 fully saturated rings. The Kier molecular flexibility index (Phi) is 3.60. The molecule has 0 saturated carbocycles. The van der Waals surface area contributed by atoms with Crippen LogP contribution >= 0.6 is 0 Å². The van der Waals surface area contributed by atoms with Gasteiger partial charge in [0.15, 0.2) is 5.52 Å². The summed E-state index contributed by atoms with van der Waals surface area (Å²) in [5.41, 5.74) is -6.12. The predicted octanol–water partition coefficient (Wildman–Crippen LogP) is 3.02. The maximum absolute atomic E-state index is 11.4. The van der Waals surface area contributed by atoms with E-state index in [2.05, 4.69) is 4.98 Å². The summed E-state index contributed by atoms with van der Waals surface area (Å²) >= 11 is 0. The molecule has 0 bridgehead atoms. The third-order valence-electron chi connectivity index (χ3n) is 3.61. The van der Waals surface area contributed by atoms with Crippen molar-refractivity contribution in [3.63, 3.8) is 0 Å². The number of para-hydroxylation sites is 1. The molecule has 1 heterocycles. The highest BCUT2D eigenvalue weighted by Crippen LogP contribution is 2.49. The Morgan fingerprint density at radius 1 is 0.692 bits per heavy atom. The van der Waals surface area contributed by atoms with Gasteiger partial charge < -0.3 is 0 Å². The molecule has 0 saturated heterocycles. The van der Waals surface area contributed by atoms with Gasteiger partial charge in [0.25, 0.3) is 0 Å². The number of pyridine rings is 1. The number of rotatable bonds is 4. The molecule has 0 spiro atoms. The van der Waals surface area contributed by atoms with Crippen LogP contribution < -0.4 is 0 Å². The van der Waals surface area contributed by atoms with Crippen molar-refractivity contribution in [3.05, 3.63) is 70.8 Å². The fourth-order valence-corrected chi connectivity index (χ4v) is 2.64. The van der Waals surface area contributed by atoms with E-state index >= 15 is 0 Å². The number of nitro groups is 4. The number of hydrogen-bond acceptors (Lipinski definition) is 9. The van der Waals surface area contributed by atoms with E-state index in [1.165, 1.54) is 12.1 Å². The predicted molar refractivity (Wildman–Crippen MR) is 85.9 cm³/mol. The van der Waals surface area contributed by atoms with Crippen molar-refractivity contribution < 1.29 is 19.7 Å². The van der Waals surface area contributed by atoms with E-state index in [9.17, 15) is 40.5 Å². The molecule has 0 amide bonds. The molecular formula is C13H5N5O8. The van der Waals surface area contributed by atoms with Gasteiger partial charge in [-0.05, 0) is 12.1 Å². The molecule has 0 radical (unpaired) electrons. The minimum absolute atomic E-state index is 0.181. The molecule has 26 heavy (non-hydrogen) atoms. The lowest BCUT2D eigenvalue weighted by molar-refractivity contribution is -0.450. The summed E-state index contributed by atoms with van der Waals surface area (Å²) in [4.78, 5) is 44.1. The van der Waals surface area contributed by atoms with Crippen LogP contribution in [0.1, 0.15) is 0 Å². The van der Waals surface area contributed by atoms with E-state index in [1.54, 1.807) is 12.1 Å². The Morgan fingerprint density at radius 2 is 1.19 bits per heavy atom. The summed E-state index contributed by atoms with van der Waals surface area (Å²) in [6.45, 7) is 0. The summed E-state index contributed by atoms with van der Waals surface area (Å²) in [5.74, 6) is 0. The lowest BCUT2D eigenvalue weighted by Gasteiger charge is -2.05. The Balaban J connectivity index is 2.74. The minimum Gasteiger partial charge on any atom is -0.258 e. The fourth-order valence-electron chi connectivity index (χ4n) is 2.64. The van der Waals surface area contributed by atoms with Crippen LogP contribution in [0.15, 0.2) is 30.3 Å². The monoisotopic (exact) mass is 359 g/mol. The third kappa shape index (κ3) is 2.31. The van der Waals surface area contributed by atoms with Gasteiger partial charge in [-0.2, -0.15) is 0 Å². The van der Waals surface area contributed by atoms with Crippen LogP contribution in [0.25, 0.3) is 21.8 Å². The second-order valence-electron chi connectivity index (χ2n) is 5.00. The number of hydrogen-bond donors (Lipinski definition) is 0. The molecule has 0 N–H and O–H groups in total. The molecule has 1 aromatic heterocycles. The number of benzene rings is 2. The minimum atomic E-state index is -1.58. The molecule has 0 unspecified atom stereocenters. The highest BCUT2D eigenvalue weighted by atomic mass is 16.7. The zero-order chi connectivity index (χ0) is 19.2. The molecule has 3 aromatic rings. The number of nitro benzene ring substituents is 4. The SMILES string of the molecule is O=[N+]([O-])c1c([N+](=O)[O-])c([N+](=O)[O-])c2nc3ccccc3cc2c1[N+](=O)[O-]. The van der Waals surface area contributed by atoms with Crippen molar-refractivity contribution in [1.82, 2.24) is 4.98 Å².